The zero-order valence-electron chi connectivity index (χ0n) is 21.7. The number of aromatic hydroxyl groups is 2. The average molecular weight is 745 g/mol. The van der Waals surface area contributed by atoms with E-state index in [1.807, 2.05) is 0 Å². The summed E-state index contributed by atoms with van der Waals surface area (Å²) in [6.45, 7) is -0.835. The fourth-order valence-electron chi connectivity index (χ4n) is 4.19. The quantitative estimate of drug-likeness (QED) is 0.0571. The first-order valence-electron chi connectivity index (χ1n) is 12.0. The molecule has 2 aromatic heterocycles. The predicted octanol–water partition coefficient (Wildman–Crippen LogP) is 1.81. The molecule has 4 heterocycles. The van der Waals surface area contributed by atoms with Crippen molar-refractivity contribution in [3.63, 3.8) is 0 Å². The zero-order valence-corrected chi connectivity index (χ0v) is 26.5. The molecule has 1 aromatic carbocycles. The predicted molar refractivity (Wildman–Crippen MR) is 166 cm³/mol. The van der Waals surface area contributed by atoms with Gasteiger partial charge in [0.1, 0.15) is 22.8 Å². The Morgan fingerprint density at radius 1 is 1.25 bits per heavy atom. The van der Waals surface area contributed by atoms with Crippen molar-refractivity contribution >= 4 is 107 Å². The highest BCUT2D eigenvalue weighted by molar-refractivity contribution is 9.10. The second-order valence-corrected chi connectivity index (χ2v) is 14.1. The van der Waals surface area contributed by atoms with E-state index in [1.54, 1.807) is 0 Å². The number of carbonyl (C=O) groups excluding carboxylic acids is 2. The van der Waals surface area contributed by atoms with Gasteiger partial charge in [0.05, 0.1) is 13.4 Å². The maximum absolute atomic E-state index is 13.1. The highest BCUT2D eigenvalue weighted by Crippen LogP contribution is 2.44. The summed E-state index contributed by atoms with van der Waals surface area (Å²) < 4.78 is 1.06. The number of β-lactam (4-membered cyclic amide) rings is 1. The number of thiazole rings is 1. The Balaban J connectivity index is 1.34. The van der Waals surface area contributed by atoms with Gasteiger partial charge in [0.15, 0.2) is 27.8 Å². The van der Waals surface area contributed by atoms with E-state index in [0.29, 0.717) is 14.5 Å². The number of fused-ring (bicyclic) bond motifs is 2. The van der Waals surface area contributed by atoms with Gasteiger partial charge >= 0.3 is 11.9 Å². The van der Waals surface area contributed by atoms with Crippen molar-refractivity contribution in [1.29, 1.82) is 0 Å². The van der Waals surface area contributed by atoms with Gasteiger partial charge in [-0.25, -0.2) is 14.6 Å². The molecule has 0 aliphatic carbocycles. The number of aromatic nitrogens is 1. The van der Waals surface area contributed by atoms with Crippen molar-refractivity contribution in [2.75, 3.05) is 23.8 Å². The van der Waals surface area contributed by atoms with E-state index in [2.05, 4.69) is 31.4 Å². The molecule has 1 saturated heterocycles. The van der Waals surface area contributed by atoms with Gasteiger partial charge in [0, 0.05) is 28.3 Å². The lowest BCUT2D eigenvalue weighted by Gasteiger charge is -2.49. The molecule has 2 aliphatic rings. The van der Waals surface area contributed by atoms with Crippen molar-refractivity contribution in [3.05, 3.63) is 49.2 Å². The largest absolute Gasteiger partial charge is 0.504 e. The summed E-state index contributed by atoms with van der Waals surface area (Å²) in [5, 5.41) is 45.7. The first-order chi connectivity index (χ1) is 20.9. The number of hydrogen-bond acceptors (Lipinski definition) is 15. The number of benzene rings is 1. The van der Waals surface area contributed by atoms with Crippen molar-refractivity contribution in [1.82, 2.24) is 15.2 Å². The van der Waals surface area contributed by atoms with Crippen LogP contribution in [0, 0.1) is 0 Å². The topological polar surface area (TPSA) is 242 Å². The number of nitrogens with one attached hydrogen (secondary N) is 1. The standard InChI is InChI=1S/C24H18BrN5O10S4/c25-14-18(35)11(32)1-8-10(31)2-13(44-19(8)14)41-4-7-5-42-22-16(21(37)30(22)17(7)23(38)39)28-20(36)15(29-40-3-12(33)34)9-6-43-24(26)27-9/h1-2,6,16,22,32,35H,3-5H2,(H2,26,27)(H,28,36)(H,33,34)(H,38,39)/b29-15+/t16-,22-/m1/s1. The highest BCUT2D eigenvalue weighted by Gasteiger charge is 2.54. The van der Waals surface area contributed by atoms with Crippen LogP contribution in [-0.4, -0.2) is 89.3 Å². The highest BCUT2D eigenvalue weighted by atomic mass is 79.9. The number of halogens is 1. The Morgan fingerprint density at radius 3 is 2.66 bits per heavy atom. The van der Waals surface area contributed by atoms with Crippen LogP contribution >= 0.6 is 62.1 Å². The number of carboxylic acids is 2. The third kappa shape index (κ3) is 6.07. The number of phenolic OH excluding ortho intramolecular Hbond substituents is 2. The number of carbonyl (C=O) groups is 4. The number of amides is 2. The summed E-state index contributed by atoms with van der Waals surface area (Å²) in [6.07, 6.45) is 0. The van der Waals surface area contributed by atoms with Gasteiger partial charge in [0.25, 0.3) is 11.8 Å². The van der Waals surface area contributed by atoms with Crippen LogP contribution in [0.5, 0.6) is 11.5 Å². The van der Waals surface area contributed by atoms with Gasteiger partial charge in [-0.1, -0.05) is 5.16 Å². The van der Waals surface area contributed by atoms with Gasteiger partial charge in [0.2, 0.25) is 6.61 Å². The number of nitrogens with zero attached hydrogens (tertiary/aromatic N) is 3. The molecule has 0 spiro atoms. The summed E-state index contributed by atoms with van der Waals surface area (Å²) >= 11 is 7.74. The molecule has 44 heavy (non-hydrogen) atoms. The van der Waals surface area contributed by atoms with Gasteiger partial charge < -0.3 is 36.3 Å². The Bertz CT molecular complexity index is 1860. The number of carboxylic acid groups (broad SMARTS) is 2. The Morgan fingerprint density at radius 2 is 2.00 bits per heavy atom. The Hall–Kier alpha value is -3.85. The zero-order chi connectivity index (χ0) is 31.9. The lowest BCUT2D eigenvalue weighted by molar-refractivity contribution is -0.150. The minimum atomic E-state index is -1.35. The lowest BCUT2D eigenvalue weighted by Crippen LogP contribution is -2.71. The smallest absolute Gasteiger partial charge is 0.352 e. The fourth-order valence-corrected chi connectivity index (χ4v) is 9.11. The molecule has 0 bridgehead atoms. The van der Waals surface area contributed by atoms with Crippen molar-refractivity contribution < 1.29 is 44.4 Å². The van der Waals surface area contributed by atoms with E-state index in [-0.39, 0.29) is 37.9 Å². The molecule has 230 valence electrons. The first kappa shape index (κ1) is 31.6. The number of nitrogens with two attached hydrogens (primary N) is 1. The molecule has 2 amide bonds. The molecule has 15 nitrogen and oxygen atoms in total. The summed E-state index contributed by atoms with van der Waals surface area (Å²) in [7, 11) is 0. The van der Waals surface area contributed by atoms with Gasteiger partial charge in [-0.2, -0.15) is 0 Å². The summed E-state index contributed by atoms with van der Waals surface area (Å²) in [6, 6.07) is 1.39. The molecule has 0 saturated carbocycles. The van der Waals surface area contributed by atoms with E-state index in [0.717, 1.165) is 27.6 Å². The molecule has 5 rings (SSSR count). The molecule has 0 radical (unpaired) electrons. The number of anilines is 1. The second-order valence-electron chi connectivity index (χ2n) is 8.95. The van der Waals surface area contributed by atoms with Gasteiger partial charge in [-0.3, -0.25) is 19.3 Å². The first-order valence-corrected chi connectivity index (χ1v) is 16.5. The molecular weight excluding hydrogens is 726 g/mol. The maximum atomic E-state index is 13.1. The van der Waals surface area contributed by atoms with E-state index in [1.165, 1.54) is 41.0 Å². The number of phenols is 2. The van der Waals surface area contributed by atoms with Crippen molar-refractivity contribution in [2.24, 2.45) is 5.16 Å². The molecule has 1 fully saturated rings. The van der Waals surface area contributed by atoms with Crippen LogP contribution in [0.4, 0.5) is 5.13 Å². The minimum Gasteiger partial charge on any atom is -0.504 e. The van der Waals surface area contributed by atoms with Gasteiger partial charge in [-0.05, 0) is 27.6 Å². The molecule has 7 N–H and O–H groups in total. The van der Waals surface area contributed by atoms with Crippen LogP contribution in [0.3, 0.4) is 0 Å². The monoisotopic (exact) mass is 743 g/mol. The Labute approximate surface area is 270 Å². The van der Waals surface area contributed by atoms with Crippen molar-refractivity contribution in [3.8, 4) is 11.5 Å². The molecule has 2 aliphatic heterocycles. The number of hydrogen-bond donors (Lipinski definition) is 6. The molecule has 2 atom stereocenters. The van der Waals surface area contributed by atoms with Gasteiger partial charge in [-0.15, -0.1) is 46.2 Å². The van der Waals surface area contributed by atoms with Crippen LogP contribution in [0.15, 0.2) is 47.4 Å². The number of nitrogen functional groups attached to an aromatic ring is 1. The van der Waals surface area contributed by atoms with Crippen LogP contribution in [0.2, 0.25) is 0 Å². The van der Waals surface area contributed by atoms with Crippen molar-refractivity contribution in [2.45, 2.75) is 15.6 Å². The SMILES string of the molecule is Nc1nc(/C(=N\OCC(=O)O)C(=O)N[C@@H]2C(=O)N3C(C(=O)O)=C(CSc4cc(=O)c5cc(O)c(O)c(Br)c5s4)CS[C@H]23)cs1. The van der Waals surface area contributed by atoms with Crippen LogP contribution in [0.1, 0.15) is 5.69 Å². The summed E-state index contributed by atoms with van der Waals surface area (Å²) in [5.74, 6) is -4.82. The number of rotatable bonds is 10. The number of oxime groups is 1. The molecule has 3 aromatic rings. The van der Waals surface area contributed by atoms with Crippen LogP contribution in [0.25, 0.3) is 10.1 Å². The van der Waals surface area contributed by atoms with E-state index in [4.69, 9.17) is 15.7 Å². The molecular formula is C24H18BrN5O10S4. The summed E-state index contributed by atoms with van der Waals surface area (Å²) in [5.41, 5.74) is 4.98. The average Bonchev–Trinajstić information content (AvgIpc) is 3.41. The normalized spacial score (nSPS) is 18.2. The van der Waals surface area contributed by atoms with Crippen LogP contribution < -0.4 is 16.5 Å². The van der Waals surface area contributed by atoms with E-state index >= 15 is 0 Å². The lowest BCUT2D eigenvalue weighted by atomic mass is 10.0. The second kappa shape index (κ2) is 12.6. The minimum absolute atomic E-state index is 0.00391. The van der Waals surface area contributed by atoms with Crippen LogP contribution in [-0.2, 0) is 24.0 Å². The molecule has 0 unspecified atom stereocenters. The summed E-state index contributed by atoms with van der Waals surface area (Å²) in [4.78, 5) is 71.7. The Kier molecular flexibility index (Phi) is 9.07. The molecule has 20 heteroatoms. The number of thioether (sulfide) groups is 2. The fraction of sp³-hybridized carbons (Fsp3) is 0.208. The maximum Gasteiger partial charge on any atom is 0.352 e. The third-order valence-corrected chi connectivity index (χ3v) is 11.6. The third-order valence-electron chi connectivity index (χ3n) is 6.14. The van der Waals surface area contributed by atoms with E-state index in [9.17, 15) is 39.3 Å². The van der Waals surface area contributed by atoms with E-state index < -0.39 is 64.4 Å². The number of aliphatic carboxylic acids is 2.